The van der Waals surface area contributed by atoms with Crippen LogP contribution < -0.4 is 5.32 Å². The Balaban J connectivity index is 1.36. The second kappa shape index (κ2) is 8.27. The zero-order valence-electron chi connectivity index (χ0n) is 15.9. The van der Waals surface area contributed by atoms with Gasteiger partial charge in [0.05, 0.1) is 25.2 Å². The van der Waals surface area contributed by atoms with Gasteiger partial charge in [0.2, 0.25) is 5.91 Å². The van der Waals surface area contributed by atoms with Crippen molar-refractivity contribution in [3.05, 3.63) is 35.4 Å². The molecule has 27 heavy (non-hydrogen) atoms. The Bertz CT molecular complexity index is 646. The van der Waals surface area contributed by atoms with E-state index in [9.17, 15) is 9.90 Å². The Hall–Kier alpha value is -1.47. The summed E-state index contributed by atoms with van der Waals surface area (Å²) in [6.45, 7) is 4.38. The van der Waals surface area contributed by atoms with Gasteiger partial charge in [-0.15, -0.1) is 0 Å². The number of aliphatic hydroxyl groups excluding tert-OH is 1. The molecule has 3 fully saturated rings. The molecule has 2 N–H and O–H groups in total. The van der Waals surface area contributed by atoms with E-state index in [1.54, 1.807) is 0 Å². The van der Waals surface area contributed by atoms with E-state index in [0.29, 0.717) is 19.8 Å². The molecule has 2 saturated heterocycles. The van der Waals surface area contributed by atoms with Crippen molar-refractivity contribution in [2.75, 3.05) is 26.3 Å². The van der Waals surface area contributed by atoms with E-state index in [0.717, 1.165) is 57.3 Å². The van der Waals surface area contributed by atoms with Crippen LogP contribution in [0, 0.1) is 5.92 Å². The van der Waals surface area contributed by atoms with E-state index in [1.807, 2.05) is 12.1 Å². The quantitative estimate of drug-likeness (QED) is 0.822. The van der Waals surface area contributed by atoms with Gasteiger partial charge in [0.1, 0.15) is 0 Å². The number of amides is 1. The number of nitrogens with one attached hydrogen (secondary N) is 1. The van der Waals surface area contributed by atoms with E-state index in [4.69, 9.17) is 9.47 Å². The Morgan fingerprint density at radius 1 is 1.15 bits per heavy atom. The number of carbonyl (C=O) groups excluding carboxylic acids is 1. The number of likely N-dealkylation sites (tertiary alicyclic amines) is 1. The van der Waals surface area contributed by atoms with Crippen molar-refractivity contribution in [2.45, 2.75) is 57.1 Å². The molecule has 148 valence electrons. The fourth-order valence-electron chi connectivity index (χ4n) is 4.60. The van der Waals surface area contributed by atoms with Gasteiger partial charge in [0, 0.05) is 32.6 Å². The third kappa shape index (κ3) is 4.19. The molecular weight excluding hydrogens is 344 g/mol. The molecule has 2 heterocycles. The molecule has 1 saturated carbocycles. The fourth-order valence-corrected chi connectivity index (χ4v) is 4.60. The van der Waals surface area contributed by atoms with Crippen LogP contribution in [0.3, 0.4) is 0 Å². The van der Waals surface area contributed by atoms with E-state index in [-0.39, 0.29) is 17.9 Å². The van der Waals surface area contributed by atoms with Crippen LogP contribution in [-0.2, 0) is 27.4 Å². The molecule has 6 nitrogen and oxygen atoms in total. The van der Waals surface area contributed by atoms with Gasteiger partial charge < -0.3 is 19.9 Å². The average Bonchev–Trinajstić information content (AvgIpc) is 3.33. The largest absolute Gasteiger partial charge is 0.393 e. The molecule has 0 aromatic heterocycles. The van der Waals surface area contributed by atoms with Crippen LogP contribution >= 0.6 is 0 Å². The van der Waals surface area contributed by atoms with Crippen LogP contribution in [0.1, 0.15) is 43.2 Å². The number of hydrogen-bond acceptors (Lipinski definition) is 5. The highest BCUT2D eigenvalue weighted by Crippen LogP contribution is 2.42. The van der Waals surface area contributed by atoms with Gasteiger partial charge in [-0.25, -0.2) is 0 Å². The molecule has 3 aliphatic rings. The Kier molecular flexibility index (Phi) is 5.78. The van der Waals surface area contributed by atoms with E-state index in [2.05, 4.69) is 22.3 Å². The van der Waals surface area contributed by atoms with Crippen LogP contribution in [0.4, 0.5) is 0 Å². The lowest BCUT2D eigenvalue weighted by Crippen LogP contribution is -2.44. The van der Waals surface area contributed by atoms with Gasteiger partial charge in [-0.1, -0.05) is 24.3 Å². The maximum atomic E-state index is 12.8. The maximum absolute atomic E-state index is 12.8. The van der Waals surface area contributed by atoms with E-state index in [1.165, 1.54) is 5.56 Å². The van der Waals surface area contributed by atoms with Crippen molar-refractivity contribution in [1.82, 2.24) is 10.2 Å². The Morgan fingerprint density at radius 3 is 2.59 bits per heavy atom. The number of aliphatic hydroxyl groups is 1. The van der Waals surface area contributed by atoms with E-state index < -0.39 is 5.79 Å². The van der Waals surface area contributed by atoms with Crippen molar-refractivity contribution in [3.63, 3.8) is 0 Å². The lowest BCUT2D eigenvalue weighted by molar-refractivity contribution is -0.186. The molecule has 1 aromatic carbocycles. The number of rotatable bonds is 5. The Morgan fingerprint density at radius 2 is 1.85 bits per heavy atom. The predicted molar refractivity (Wildman–Crippen MR) is 101 cm³/mol. The van der Waals surface area contributed by atoms with Crippen LogP contribution in [0.15, 0.2) is 24.3 Å². The monoisotopic (exact) mass is 374 g/mol. The third-order valence-electron chi connectivity index (χ3n) is 6.16. The SMILES string of the molecule is O=C(NCc1ccccc1CN1CCC(O)CC1)[C@@H]1CCCC12OCCO2. The summed E-state index contributed by atoms with van der Waals surface area (Å²) in [4.78, 5) is 15.2. The van der Waals surface area contributed by atoms with Gasteiger partial charge >= 0.3 is 0 Å². The summed E-state index contributed by atoms with van der Waals surface area (Å²) in [7, 11) is 0. The van der Waals surface area contributed by atoms with Crippen molar-refractivity contribution in [3.8, 4) is 0 Å². The summed E-state index contributed by atoms with van der Waals surface area (Å²) >= 11 is 0. The highest BCUT2D eigenvalue weighted by Gasteiger charge is 2.51. The smallest absolute Gasteiger partial charge is 0.228 e. The minimum absolute atomic E-state index is 0.0327. The maximum Gasteiger partial charge on any atom is 0.228 e. The van der Waals surface area contributed by atoms with E-state index >= 15 is 0 Å². The van der Waals surface area contributed by atoms with Crippen LogP contribution in [0.25, 0.3) is 0 Å². The number of benzene rings is 1. The summed E-state index contributed by atoms with van der Waals surface area (Å²) in [5.41, 5.74) is 2.39. The van der Waals surface area contributed by atoms with Gasteiger partial charge in [-0.2, -0.15) is 0 Å². The molecule has 4 rings (SSSR count). The molecule has 1 atom stereocenters. The molecule has 1 aromatic rings. The van der Waals surface area contributed by atoms with Gasteiger partial charge in [0.25, 0.3) is 0 Å². The van der Waals surface area contributed by atoms with Gasteiger partial charge in [-0.05, 0) is 36.8 Å². The first-order valence-corrected chi connectivity index (χ1v) is 10.2. The third-order valence-corrected chi connectivity index (χ3v) is 6.16. The number of nitrogens with zero attached hydrogens (tertiary/aromatic N) is 1. The average molecular weight is 374 g/mol. The minimum atomic E-state index is -0.682. The van der Waals surface area contributed by atoms with Crippen molar-refractivity contribution in [1.29, 1.82) is 0 Å². The van der Waals surface area contributed by atoms with Crippen molar-refractivity contribution >= 4 is 5.91 Å². The summed E-state index contributed by atoms with van der Waals surface area (Å²) in [6.07, 6.45) is 4.11. The van der Waals surface area contributed by atoms with Crippen LogP contribution in [-0.4, -0.2) is 54.1 Å². The summed E-state index contributed by atoms with van der Waals surface area (Å²) in [6, 6.07) is 8.28. The van der Waals surface area contributed by atoms with Gasteiger partial charge in [-0.3, -0.25) is 9.69 Å². The normalized spacial score (nSPS) is 25.9. The first kappa shape index (κ1) is 18.9. The van der Waals surface area contributed by atoms with Gasteiger partial charge in [0.15, 0.2) is 5.79 Å². The molecule has 6 heteroatoms. The molecule has 0 radical (unpaired) electrons. The molecule has 1 amide bonds. The highest BCUT2D eigenvalue weighted by molar-refractivity contribution is 5.80. The summed E-state index contributed by atoms with van der Waals surface area (Å²) in [5.74, 6) is -0.862. The van der Waals surface area contributed by atoms with Crippen molar-refractivity contribution < 1.29 is 19.4 Å². The first-order valence-electron chi connectivity index (χ1n) is 10.2. The number of ether oxygens (including phenoxy) is 2. The number of carbonyl (C=O) groups is 1. The second-order valence-electron chi connectivity index (χ2n) is 7.95. The standard InChI is InChI=1S/C21H30N2O4/c24-18-7-10-23(11-8-18)15-17-5-2-1-4-16(17)14-22-20(25)19-6-3-9-21(19)26-12-13-27-21/h1-2,4-5,18-19,24H,3,6-15H2,(H,22,25)/t19-/m0/s1. The molecule has 2 aliphatic heterocycles. The van der Waals surface area contributed by atoms with Crippen LogP contribution in [0.5, 0.6) is 0 Å². The highest BCUT2D eigenvalue weighted by atomic mass is 16.7. The molecule has 1 aliphatic carbocycles. The molecular formula is C21H30N2O4. The number of piperidine rings is 1. The minimum Gasteiger partial charge on any atom is -0.393 e. The zero-order chi connectivity index (χ0) is 18.7. The fraction of sp³-hybridized carbons (Fsp3) is 0.667. The topological polar surface area (TPSA) is 71.0 Å². The molecule has 1 spiro atoms. The summed E-state index contributed by atoms with van der Waals surface area (Å²) in [5, 5.41) is 12.8. The lowest BCUT2D eigenvalue weighted by atomic mass is 10.0. The van der Waals surface area contributed by atoms with Crippen LogP contribution in [0.2, 0.25) is 0 Å². The zero-order valence-corrected chi connectivity index (χ0v) is 15.9. The predicted octanol–water partition coefficient (Wildman–Crippen LogP) is 1.80. The summed E-state index contributed by atoms with van der Waals surface area (Å²) < 4.78 is 11.6. The first-order chi connectivity index (χ1) is 13.2. The molecule has 0 unspecified atom stereocenters. The Labute approximate surface area is 160 Å². The molecule has 0 bridgehead atoms. The lowest BCUT2D eigenvalue weighted by Gasteiger charge is -2.30. The second-order valence-corrected chi connectivity index (χ2v) is 7.95. The number of hydrogen-bond donors (Lipinski definition) is 2. The van der Waals surface area contributed by atoms with Crippen molar-refractivity contribution in [2.24, 2.45) is 5.92 Å².